The lowest BCUT2D eigenvalue weighted by molar-refractivity contribution is -0.0399. The van der Waals surface area contributed by atoms with Gasteiger partial charge < -0.3 is 4.90 Å². The van der Waals surface area contributed by atoms with Crippen molar-refractivity contribution in [1.82, 2.24) is 0 Å². The van der Waals surface area contributed by atoms with Crippen molar-refractivity contribution in [3.63, 3.8) is 0 Å². The molecule has 0 radical (unpaired) electrons. The number of rotatable bonds is 4. The summed E-state index contributed by atoms with van der Waals surface area (Å²) in [6.07, 6.45) is 6.97. The molecule has 9 aromatic rings. The lowest BCUT2D eigenvalue weighted by Crippen LogP contribution is -2.55. The van der Waals surface area contributed by atoms with Crippen LogP contribution in [0.5, 0.6) is 0 Å². The molecule has 15 rings (SSSR count). The highest BCUT2D eigenvalue weighted by Gasteiger charge is 2.61. The Bertz CT molecular complexity index is 3300. The summed E-state index contributed by atoms with van der Waals surface area (Å²) in [6, 6.07) is 63.2. The number of fused-ring (bicyclic) bond motifs is 11. The summed E-state index contributed by atoms with van der Waals surface area (Å²) in [5.41, 5.74) is 18.0. The molecule has 0 saturated heterocycles. The molecule has 61 heavy (non-hydrogen) atoms. The van der Waals surface area contributed by atoms with Gasteiger partial charge in [0.2, 0.25) is 0 Å². The zero-order valence-corrected chi connectivity index (χ0v) is 35.6. The van der Waals surface area contributed by atoms with Gasteiger partial charge in [-0.15, -0.1) is 11.3 Å². The number of hydrogen-bond donors (Lipinski definition) is 0. The van der Waals surface area contributed by atoms with Crippen LogP contribution in [0.4, 0.5) is 17.1 Å². The first kappa shape index (κ1) is 34.7. The first-order chi connectivity index (χ1) is 30.0. The van der Waals surface area contributed by atoms with E-state index >= 15 is 0 Å². The van der Waals surface area contributed by atoms with Gasteiger partial charge in [-0.25, -0.2) is 0 Å². The van der Waals surface area contributed by atoms with Gasteiger partial charge in [-0.2, -0.15) is 0 Å². The van der Waals surface area contributed by atoms with E-state index < -0.39 is 0 Å². The van der Waals surface area contributed by atoms with E-state index in [4.69, 9.17) is 0 Å². The molecule has 1 nitrogen and oxygen atoms in total. The third-order valence-electron chi connectivity index (χ3n) is 16.4. The summed E-state index contributed by atoms with van der Waals surface area (Å²) >= 11 is 1.94. The molecule has 294 valence electrons. The molecular formula is C59H47NS. The third-order valence-corrected chi connectivity index (χ3v) is 17.6. The third kappa shape index (κ3) is 4.51. The lowest BCUT2D eigenvalue weighted by atomic mass is 9.43. The van der Waals surface area contributed by atoms with Gasteiger partial charge in [0.15, 0.2) is 0 Å². The van der Waals surface area contributed by atoms with E-state index in [1.807, 2.05) is 11.3 Å². The second kappa shape index (κ2) is 12.3. The fourth-order valence-corrected chi connectivity index (χ4v) is 15.6. The van der Waals surface area contributed by atoms with Crippen LogP contribution in [-0.2, 0) is 10.8 Å². The highest BCUT2D eigenvalue weighted by atomic mass is 32.1. The van der Waals surface area contributed by atoms with E-state index in [0.717, 1.165) is 11.8 Å². The molecule has 1 spiro atoms. The lowest BCUT2D eigenvalue weighted by Gasteiger charge is -2.61. The molecule has 0 amide bonds. The molecule has 0 N–H and O–H groups in total. The zero-order chi connectivity index (χ0) is 40.2. The van der Waals surface area contributed by atoms with Gasteiger partial charge in [-0.3, -0.25) is 0 Å². The second-order valence-corrected chi connectivity index (χ2v) is 20.7. The maximum atomic E-state index is 2.69. The normalized spacial score (nSPS) is 23.4. The fourth-order valence-electron chi connectivity index (χ4n) is 14.4. The number of thiophene rings is 1. The minimum absolute atomic E-state index is 0.0800. The van der Waals surface area contributed by atoms with Crippen LogP contribution >= 0.6 is 11.3 Å². The van der Waals surface area contributed by atoms with E-state index in [0.29, 0.717) is 11.8 Å². The van der Waals surface area contributed by atoms with Crippen LogP contribution < -0.4 is 4.90 Å². The van der Waals surface area contributed by atoms with Gasteiger partial charge in [-0.05, 0) is 147 Å². The van der Waals surface area contributed by atoms with Crippen molar-refractivity contribution in [2.24, 2.45) is 23.7 Å². The molecule has 8 aromatic carbocycles. The Balaban J connectivity index is 1.06. The first-order valence-electron chi connectivity index (χ1n) is 22.7. The second-order valence-electron chi connectivity index (χ2n) is 19.6. The summed E-state index contributed by atoms with van der Waals surface area (Å²) in [5.74, 6) is 3.21. The summed E-state index contributed by atoms with van der Waals surface area (Å²) in [7, 11) is 0. The van der Waals surface area contributed by atoms with Crippen LogP contribution in [0.3, 0.4) is 0 Å². The van der Waals surface area contributed by atoms with E-state index in [1.165, 1.54) is 125 Å². The SMILES string of the molecule is CC1(C)c2ccccc2-c2cccc(-c3ccccc3N(c3ccc4c(c3)C3(c5ccccc5-4)C4CC5CC(C4)CC3C5)c3cccc4sc5c6ccccc6ccc5c34)c21. The summed E-state index contributed by atoms with van der Waals surface area (Å²) in [5, 5.41) is 5.30. The Morgan fingerprint density at radius 3 is 1.89 bits per heavy atom. The minimum Gasteiger partial charge on any atom is -0.309 e. The van der Waals surface area contributed by atoms with Gasteiger partial charge >= 0.3 is 0 Å². The number of benzene rings is 8. The number of para-hydroxylation sites is 1. The summed E-state index contributed by atoms with van der Waals surface area (Å²) in [4.78, 5) is 2.67. The number of anilines is 3. The Labute approximate surface area is 362 Å². The van der Waals surface area contributed by atoms with Crippen LogP contribution in [0.2, 0.25) is 0 Å². The zero-order valence-electron chi connectivity index (χ0n) is 34.8. The topological polar surface area (TPSA) is 3.24 Å². The fraction of sp³-hybridized carbons (Fsp3) is 0.220. The molecule has 6 aliphatic rings. The largest absolute Gasteiger partial charge is 0.309 e. The molecule has 4 saturated carbocycles. The van der Waals surface area contributed by atoms with Crippen LogP contribution in [-0.4, -0.2) is 0 Å². The molecule has 0 atom stereocenters. The number of hydrogen-bond acceptors (Lipinski definition) is 2. The van der Waals surface area contributed by atoms with Crippen molar-refractivity contribution in [2.75, 3.05) is 4.90 Å². The average Bonchev–Trinajstić information content (AvgIpc) is 3.90. The highest BCUT2D eigenvalue weighted by molar-refractivity contribution is 7.26. The molecular weight excluding hydrogens is 755 g/mol. The van der Waals surface area contributed by atoms with Gasteiger partial charge in [-0.1, -0.05) is 147 Å². The van der Waals surface area contributed by atoms with Gasteiger partial charge in [0, 0.05) is 42.3 Å². The molecule has 2 heteroatoms. The van der Waals surface area contributed by atoms with Crippen molar-refractivity contribution in [3.8, 4) is 33.4 Å². The molecule has 0 unspecified atom stereocenters. The van der Waals surface area contributed by atoms with Crippen LogP contribution in [0.25, 0.3) is 64.3 Å². The van der Waals surface area contributed by atoms with Crippen LogP contribution in [0, 0.1) is 23.7 Å². The maximum Gasteiger partial charge on any atom is 0.0555 e. The molecule has 0 aliphatic heterocycles. The van der Waals surface area contributed by atoms with E-state index in [1.54, 1.807) is 11.1 Å². The molecule has 1 heterocycles. The molecule has 4 bridgehead atoms. The van der Waals surface area contributed by atoms with E-state index in [9.17, 15) is 0 Å². The van der Waals surface area contributed by atoms with Gasteiger partial charge in [0.05, 0.1) is 11.4 Å². The predicted molar refractivity (Wildman–Crippen MR) is 258 cm³/mol. The Morgan fingerprint density at radius 1 is 0.475 bits per heavy atom. The Morgan fingerprint density at radius 2 is 1.08 bits per heavy atom. The van der Waals surface area contributed by atoms with Crippen molar-refractivity contribution in [2.45, 2.75) is 56.8 Å². The van der Waals surface area contributed by atoms with Crippen molar-refractivity contribution in [1.29, 1.82) is 0 Å². The van der Waals surface area contributed by atoms with Crippen molar-refractivity contribution < 1.29 is 0 Å². The molecule has 1 aromatic heterocycles. The predicted octanol–water partition coefficient (Wildman–Crippen LogP) is 16.4. The van der Waals surface area contributed by atoms with Crippen molar-refractivity contribution in [3.05, 3.63) is 186 Å². The Kier molecular flexibility index (Phi) is 7.02. The molecule has 6 aliphatic carbocycles. The highest BCUT2D eigenvalue weighted by Crippen LogP contribution is 2.70. The van der Waals surface area contributed by atoms with Crippen LogP contribution in [0.1, 0.15) is 68.2 Å². The number of nitrogens with zero attached hydrogens (tertiary/aromatic N) is 1. The summed E-state index contributed by atoms with van der Waals surface area (Å²) in [6.45, 7) is 4.85. The minimum atomic E-state index is -0.143. The van der Waals surface area contributed by atoms with Crippen LogP contribution in [0.15, 0.2) is 164 Å². The monoisotopic (exact) mass is 801 g/mol. The molecule has 4 fully saturated rings. The quantitative estimate of drug-likeness (QED) is 0.171. The van der Waals surface area contributed by atoms with Gasteiger partial charge in [0.1, 0.15) is 0 Å². The smallest absolute Gasteiger partial charge is 0.0555 e. The Hall–Kier alpha value is -5.96. The average molecular weight is 802 g/mol. The standard InChI is InChI=1S/C59H47NS/c1-58(2)49-20-8-5-16-43(49)46-18-11-19-47(56(46)58)45-17-7-10-22-52(45)60(53-23-12-24-54-55(53)48-27-25-37-13-3-4-14-41(37)57(48)61-54)40-26-28-44-42-15-6-9-21-50(42)59(51(44)34-40)38-30-35-29-36(32-38)33-39(59)31-35/h3-28,34-36,38-39H,29-33H2,1-2H3. The van der Waals surface area contributed by atoms with Gasteiger partial charge in [0.25, 0.3) is 0 Å². The maximum absolute atomic E-state index is 2.69. The summed E-state index contributed by atoms with van der Waals surface area (Å²) < 4.78 is 2.70. The van der Waals surface area contributed by atoms with E-state index in [2.05, 4.69) is 183 Å². The first-order valence-corrected chi connectivity index (χ1v) is 23.5. The van der Waals surface area contributed by atoms with Crippen molar-refractivity contribution >= 4 is 59.3 Å². The van der Waals surface area contributed by atoms with E-state index in [-0.39, 0.29) is 10.8 Å².